The number of ether oxygens (including phenoxy) is 2. The quantitative estimate of drug-likeness (QED) is 0.784. The van der Waals surface area contributed by atoms with Crippen molar-refractivity contribution < 1.29 is 9.47 Å². The monoisotopic (exact) mass is 216 g/mol. The molecule has 0 atom stereocenters. The van der Waals surface area contributed by atoms with E-state index in [2.05, 4.69) is 9.97 Å². The van der Waals surface area contributed by atoms with Gasteiger partial charge < -0.3 is 9.47 Å². The summed E-state index contributed by atoms with van der Waals surface area (Å²) < 4.78 is 10.5. The van der Waals surface area contributed by atoms with Gasteiger partial charge in [-0.3, -0.25) is 4.98 Å². The van der Waals surface area contributed by atoms with Crippen LogP contribution >= 0.6 is 0 Å². The van der Waals surface area contributed by atoms with Crippen molar-refractivity contribution in [1.82, 2.24) is 9.97 Å². The maximum absolute atomic E-state index is 5.51. The number of nitrogens with zero attached hydrogens (tertiary/aromatic N) is 2. The van der Waals surface area contributed by atoms with E-state index in [1.54, 1.807) is 25.6 Å². The molecule has 2 heterocycles. The van der Waals surface area contributed by atoms with Crippen molar-refractivity contribution in [2.45, 2.75) is 6.61 Å². The van der Waals surface area contributed by atoms with Gasteiger partial charge in [-0.2, -0.15) is 0 Å². The lowest BCUT2D eigenvalue weighted by atomic mass is 10.3. The summed E-state index contributed by atoms with van der Waals surface area (Å²) in [6.45, 7) is 0.406. The minimum Gasteiger partial charge on any atom is -0.486 e. The molecule has 0 amide bonds. The first-order valence-corrected chi connectivity index (χ1v) is 4.91. The van der Waals surface area contributed by atoms with Crippen molar-refractivity contribution in [1.29, 1.82) is 0 Å². The molecule has 2 rings (SSSR count). The molecule has 0 radical (unpaired) electrons. The molecule has 4 heteroatoms. The van der Waals surface area contributed by atoms with E-state index in [0.717, 1.165) is 11.4 Å². The van der Waals surface area contributed by atoms with Crippen LogP contribution in [0.1, 0.15) is 5.69 Å². The molecular formula is C12H12N2O2. The van der Waals surface area contributed by atoms with E-state index in [4.69, 9.17) is 9.47 Å². The third-order valence-electron chi connectivity index (χ3n) is 2.01. The highest BCUT2D eigenvalue weighted by atomic mass is 16.5. The van der Waals surface area contributed by atoms with Gasteiger partial charge in [-0.25, -0.2) is 4.98 Å². The van der Waals surface area contributed by atoms with Gasteiger partial charge in [0, 0.05) is 12.3 Å². The largest absolute Gasteiger partial charge is 0.486 e. The van der Waals surface area contributed by atoms with Crippen molar-refractivity contribution in [3.05, 3.63) is 48.4 Å². The SMILES string of the molecule is COc1cccc(COc2cccnc2)n1. The fraction of sp³-hybridized carbons (Fsp3) is 0.167. The molecule has 82 valence electrons. The van der Waals surface area contributed by atoms with Crippen LogP contribution < -0.4 is 9.47 Å². The highest BCUT2D eigenvalue weighted by Gasteiger charge is 1.98. The zero-order chi connectivity index (χ0) is 11.2. The van der Waals surface area contributed by atoms with Gasteiger partial charge in [0.1, 0.15) is 12.4 Å². The van der Waals surface area contributed by atoms with Crippen LogP contribution in [-0.2, 0) is 6.61 Å². The zero-order valence-electron chi connectivity index (χ0n) is 8.96. The van der Waals surface area contributed by atoms with Crippen molar-refractivity contribution in [2.24, 2.45) is 0 Å². The summed E-state index contributed by atoms with van der Waals surface area (Å²) in [5.74, 6) is 1.32. The summed E-state index contributed by atoms with van der Waals surface area (Å²) in [7, 11) is 1.59. The first-order valence-electron chi connectivity index (χ1n) is 4.91. The second-order valence-corrected chi connectivity index (χ2v) is 3.15. The summed E-state index contributed by atoms with van der Waals surface area (Å²) in [5, 5.41) is 0. The lowest BCUT2D eigenvalue weighted by molar-refractivity contribution is 0.297. The lowest BCUT2D eigenvalue weighted by Gasteiger charge is -2.05. The Morgan fingerprint density at radius 2 is 2.12 bits per heavy atom. The number of methoxy groups -OCH3 is 1. The number of aromatic nitrogens is 2. The van der Waals surface area contributed by atoms with Crippen LogP contribution in [0.25, 0.3) is 0 Å². The molecule has 0 unspecified atom stereocenters. The van der Waals surface area contributed by atoms with Gasteiger partial charge in [0.25, 0.3) is 0 Å². The molecule has 2 aromatic heterocycles. The van der Waals surface area contributed by atoms with Gasteiger partial charge in [-0.15, -0.1) is 0 Å². The molecule has 0 saturated carbocycles. The Hall–Kier alpha value is -2.10. The van der Waals surface area contributed by atoms with Crippen molar-refractivity contribution in [3.8, 4) is 11.6 Å². The molecule has 0 aliphatic heterocycles. The molecule has 0 fully saturated rings. The van der Waals surface area contributed by atoms with Gasteiger partial charge in [0.15, 0.2) is 0 Å². The molecule has 2 aromatic rings. The summed E-state index contributed by atoms with van der Waals surface area (Å²) in [4.78, 5) is 8.20. The summed E-state index contributed by atoms with van der Waals surface area (Å²) in [5.41, 5.74) is 0.822. The van der Waals surface area contributed by atoms with Crippen LogP contribution in [0.15, 0.2) is 42.7 Å². The van der Waals surface area contributed by atoms with Gasteiger partial charge in [-0.1, -0.05) is 6.07 Å². The smallest absolute Gasteiger partial charge is 0.213 e. The summed E-state index contributed by atoms with van der Waals surface area (Å²) in [6, 6.07) is 9.25. The predicted molar refractivity (Wildman–Crippen MR) is 59.4 cm³/mol. The van der Waals surface area contributed by atoms with E-state index < -0.39 is 0 Å². The van der Waals surface area contributed by atoms with Gasteiger partial charge >= 0.3 is 0 Å². The molecule has 0 N–H and O–H groups in total. The maximum atomic E-state index is 5.51. The first kappa shape index (κ1) is 10.4. The lowest BCUT2D eigenvalue weighted by Crippen LogP contribution is -1.99. The summed E-state index contributed by atoms with van der Waals surface area (Å²) >= 11 is 0. The molecule has 0 bridgehead atoms. The Kier molecular flexibility index (Phi) is 3.33. The Bertz CT molecular complexity index is 446. The zero-order valence-corrected chi connectivity index (χ0v) is 8.96. The van der Waals surface area contributed by atoms with Crippen LogP contribution in [0.2, 0.25) is 0 Å². The van der Waals surface area contributed by atoms with E-state index in [9.17, 15) is 0 Å². The maximum Gasteiger partial charge on any atom is 0.213 e. The number of rotatable bonds is 4. The molecule has 0 aliphatic carbocycles. The van der Waals surface area contributed by atoms with Crippen LogP contribution in [0.3, 0.4) is 0 Å². The third-order valence-corrected chi connectivity index (χ3v) is 2.01. The highest BCUT2D eigenvalue weighted by Crippen LogP contribution is 2.11. The Labute approximate surface area is 93.9 Å². The third kappa shape index (κ3) is 2.70. The number of hydrogen-bond donors (Lipinski definition) is 0. The van der Waals surface area contributed by atoms with Crippen molar-refractivity contribution in [3.63, 3.8) is 0 Å². The van der Waals surface area contributed by atoms with Crippen LogP contribution in [0.5, 0.6) is 11.6 Å². The van der Waals surface area contributed by atoms with Gasteiger partial charge in [0.05, 0.1) is 19.0 Å². The molecule has 16 heavy (non-hydrogen) atoms. The highest BCUT2D eigenvalue weighted by molar-refractivity contribution is 5.18. The van der Waals surface area contributed by atoms with Crippen molar-refractivity contribution in [2.75, 3.05) is 7.11 Å². The summed E-state index contributed by atoms with van der Waals surface area (Å²) in [6.07, 6.45) is 3.37. The molecule has 0 saturated heterocycles. The normalized spacial score (nSPS) is 9.81. The second-order valence-electron chi connectivity index (χ2n) is 3.15. The van der Waals surface area contributed by atoms with Gasteiger partial charge in [-0.05, 0) is 18.2 Å². The van der Waals surface area contributed by atoms with Gasteiger partial charge in [0.2, 0.25) is 5.88 Å². The first-order chi connectivity index (χ1) is 7.88. The van der Waals surface area contributed by atoms with E-state index >= 15 is 0 Å². The molecular weight excluding hydrogens is 204 g/mol. The predicted octanol–water partition coefficient (Wildman–Crippen LogP) is 2.06. The van der Waals surface area contributed by atoms with E-state index in [1.807, 2.05) is 24.3 Å². The molecule has 0 aliphatic rings. The minimum absolute atomic E-state index is 0.406. The average Bonchev–Trinajstić information content (AvgIpc) is 2.38. The fourth-order valence-electron chi connectivity index (χ4n) is 1.24. The number of hydrogen-bond acceptors (Lipinski definition) is 4. The molecule has 0 aromatic carbocycles. The Morgan fingerprint density at radius 1 is 1.19 bits per heavy atom. The van der Waals surface area contributed by atoms with Crippen molar-refractivity contribution >= 4 is 0 Å². The van der Waals surface area contributed by atoms with E-state index in [-0.39, 0.29) is 0 Å². The standard InChI is InChI=1S/C12H12N2O2/c1-15-12-6-2-4-10(14-12)9-16-11-5-3-7-13-8-11/h2-8H,9H2,1H3. The Morgan fingerprint density at radius 3 is 2.88 bits per heavy atom. The number of pyridine rings is 2. The minimum atomic E-state index is 0.406. The van der Waals surface area contributed by atoms with Crippen LogP contribution in [0, 0.1) is 0 Å². The van der Waals surface area contributed by atoms with E-state index in [1.165, 1.54) is 0 Å². The topological polar surface area (TPSA) is 44.2 Å². The van der Waals surface area contributed by atoms with Crippen LogP contribution in [0.4, 0.5) is 0 Å². The van der Waals surface area contributed by atoms with E-state index in [0.29, 0.717) is 12.5 Å². The average molecular weight is 216 g/mol. The second kappa shape index (κ2) is 5.11. The van der Waals surface area contributed by atoms with Crippen LogP contribution in [-0.4, -0.2) is 17.1 Å². The fourth-order valence-corrected chi connectivity index (χ4v) is 1.24. The molecule has 4 nitrogen and oxygen atoms in total. The Balaban J connectivity index is 1.99. The molecule has 0 spiro atoms.